The third-order valence-electron chi connectivity index (χ3n) is 4.13. The van der Waals surface area contributed by atoms with Crippen LogP contribution < -0.4 is 10.1 Å². The van der Waals surface area contributed by atoms with Gasteiger partial charge in [-0.3, -0.25) is 0 Å². The van der Waals surface area contributed by atoms with Crippen molar-refractivity contribution >= 4 is 0 Å². The van der Waals surface area contributed by atoms with Gasteiger partial charge in [0.1, 0.15) is 5.75 Å². The van der Waals surface area contributed by atoms with Crippen LogP contribution in [0.5, 0.6) is 5.75 Å². The van der Waals surface area contributed by atoms with E-state index in [1.165, 1.54) is 17.5 Å². The van der Waals surface area contributed by atoms with Crippen molar-refractivity contribution in [2.24, 2.45) is 5.92 Å². The van der Waals surface area contributed by atoms with Gasteiger partial charge in [0, 0.05) is 12.0 Å². The second-order valence-electron chi connectivity index (χ2n) is 5.23. The molecular formula is C15H23NO. The minimum absolute atomic E-state index is 0.344. The van der Waals surface area contributed by atoms with E-state index in [4.69, 9.17) is 4.74 Å². The van der Waals surface area contributed by atoms with Gasteiger partial charge >= 0.3 is 0 Å². The molecule has 0 heterocycles. The Bertz CT molecular complexity index is 402. The molecule has 17 heavy (non-hydrogen) atoms. The molecule has 2 heteroatoms. The molecule has 0 saturated heterocycles. The SMILES string of the molecule is CCNCC1(c2ccc(C)c(OC)c2)CC1C. The van der Waals surface area contributed by atoms with Gasteiger partial charge in [-0.15, -0.1) is 0 Å². The number of methoxy groups -OCH3 is 1. The van der Waals surface area contributed by atoms with Crippen LogP contribution in [0.25, 0.3) is 0 Å². The Labute approximate surface area is 104 Å². The number of aryl methyl sites for hydroxylation is 1. The van der Waals surface area contributed by atoms with Gasteiger partial charge < -0.3 is 10.1 Å². The fourth-order valence-electron chi connectivity index (χ4n) is 2.72. The maximum atomic E-state index is 5.43. The largest absolute Gasteiger partial charge is 0.496 e. The summed E-state index contributed by atoms with van der Waals surface area (Å²) in [4.78, 5) is 0. The molecule has 0 aromatic heterocycles. The average molecular weight is 233 g/mol. The summed E-state index contributed by atoms with van der Waals surface area (Å²) in [7, 11) is 1.75. The fraction of sp³-hybridized carbons (Fsp3) is 0.600. The molecule has 1 aliphatic carbocycles. The van der Waals surface area contributed by atoms with Crippen molar-refractivity contribution < 1.29 is 4.74 Å². The Balaban J connectivity index is 2.26. The molecule has 2 rings (SSSR count). The topological polar surface area (TPSA) is 21.3 Å². The van der Waals surface area contributed by atoms with Crippen molar-refractivity contribution in [2.75, 3.05) is 20.2 Å². The third kappa shape index (κ3) is 2.19. The van der Waals surface area contributed by atoms with E-state index >= 15 is 0 Å². The molecule has 0 amide bonds. The second-order valence-corrected chi connectivity index (χ2v) is 5.23. The predicted molar refractivity (Wildman–Crippen MR) is 71.7 cm³/mol. The smallest absolute Gasteiger partial charge is 0.122 e. The first-order valence-electron chi connectivity index (χ1n) is 6.50. The summed E-state index contributed by atoms with van der Waals surface area (Å²) in [5, 5.41) is 3.49. The van der Waals surface area contributed by atoms with Crippen LogP contribution in [0.2, 0.25) is 0 Å². The van der Waals surface area contributed by atoms with E-state index in [2.05, 4.69) is 44.3 Å². The highest BCUT2D eigenvalue weighted by Gasteiger charge is 2.51. The molecular weight excluding hydrogens is 210 g/mol. The van der Waals surface area contributed by atoms with E-state index in [1.54, 1.807) is 7.11 Å². The number of nitrogens with one attached hydrogen (secondary N) is 1. The first kappa shape index (κ1) is 12.4. The lowest BCUT2D eigenvalue weighted by molar-refractivity contribution is 0.410. The van der Waals surface area contributed by atoms with Gasteiger partial charge in [-0.2, -0.15) is 0 Å². The molecule has 1 aromatic carbocycles. The zero-order chi connectivity index (χ0) is 12.5. The number of ether oxygens (including phenoxy) is 1. The van der Waals surface area contributed by atoms with Crippen molar-refractivity contribution in [1.29, 1.82) is 0 Å². The van der Waals surface area contributed by atoms with E-state index in [9.17, 15) is 0 Å². The summed E-state index contributed by atoms with van der Waals surface area (Å²) in [5.41, 5.74) is 2.98. The fourth-order valence-corrected chi connectivity index (χ4v) is 2.72. The van der Waals surface area contributed by atoms with Crippen molar-refractivity contribution in [3.63, 3.8) is 0 Å². The molecule has 94 valence electrons. The number of rotatable bonds is 5. The standard InChI is InChI=1S/C15H23NO/c1-5-16-10-15(9-12(15)3)13-7-6-11(2)14(8-13)17-4/h6-8,12,16H,5,9-10H2,1-4H3. The Kier molecular flexibility index (Phi) is 3.43. The average Bonchev–Trinajstić information content (AvgIpc) is 2.99. The van der Waals surface area contributed by atoms with Crippen LogP contribution >= 0.6 is 0 Å². The minimum atomic E-state index is 0.344. The molecule has 1 N–H and O–H groups in total. The lowest BCUT2D eigenvalue weighted by atomic mass is 9.92. The molecule has 1 fully saturated rings. The van der Waals surface area contributed by atoms with E-state index < -0.39 is 0 Å². The third-order valence-corrected chi connectivity index (χ3v) is 4.13. The van der Waals surface area contributed by atoms with Crippen LogP contribution in [0.15, 0.2) is 18.2 Å². The molecule has 0 aliphatic heterocycles. The maximum absolute atomic E-state index is 5.43. The number of likely N-dealkylation sites (N-methyl/N-ethyl adjacent to an activating group) is 1. The Morgan fingerprint density at radius 3 is 2.71 bits per heavy atom. The highest BCUT2D eigenvalue weighted by atomic mass is 16.5. The first-order valence-corrected chi connectivity index (χ1v) is 6.50. The molecule has 0 bridgehead atoms. The van der Waals surface area contributed by atoms with Crippen molar-refractivity contribution in [2.45, 2.75) is 32.6 Å². The molecule has 1 saturated carbocycles. The summed E-state index contributed by atoms with van der Waals surface area (Å²) in [6.07, 6.45) is 1.28. The highest BCUT2D eigenvalue weighted by molar-refractivity contribution is 5.43. The molecule has 2 nitrogen and oxygen atoms in total. The summed E-state index contributed by atoms with van der Waals surface area (Å²) in [5.74, 6) is 1.78. The molecule has 2 atom stereocenters. The van der Waals surface area contributed by atoms with Gasteiger partial charge in [0.25, 0.3) is 0 Å². The first-order chi connectivity index (χ1) is 8.14. The van der Waals surface area contributed by atoms with E-state index in [1.807, 2.05) is 0 Å². The van der Waals surface area contributed by atoms with E-state index in [0.717, 1.165) is 24.8 Å². The molecule has 1 aromatic rings. The van der Waals surface area contributed by atoms with Crippen molar-refractivity contribution in [1.82, 2.24) is 5.32 Å². The van der Waals surface area contributed by atoms with Gasteiger partial charge in [-0.25, -0.2) is 0 Å². The molecule has 2 unspecified atom stereocenters. The van der Waals surface area contributed by atoms with Crippen molar-refractivity contribution in [3.05, 3.63) is 29.3 Å². The number of benzene rings is 1. The summed E-state index contributed by atoms with van der Waals surface area (Å²) >= 11 is 0. The molecule has 0 spiro atoms. The van der Waals surface area contributed by atoms with Gasteiger partial charge in [0.2, 0.25) is 0 Å². The summed E-state index contributed by atoms with van der Waals surface area (Å²) in [6.45, 7) is 8.71. The quantitative estimate of drug-likeness (QED) is 0.844. The minimum Gasteiger partial charge on any atom is -0.496 e. The van der Waals surface area contributed by atoms with Crippen LogP contribution in [0.3, 0.4) is 0 Å². The van der Waals surface area contributed by atoms with E-state index in [0.29, 0.717) is 5.41 Å². The number of hydrogen-bond acceptors (Lipinski definition) is 2. The zero-order valence-corrected chi connectivity index (χ0v) is 11.3. The van der Waals surface area contributed by atoms with Crippen molar-refractivity contribution in [3.8, 4) is 5.75 Å². The maximum Gasteiger partial charge on any atom is 0.122 e. The van der Waals surface area contributed by atoms with Crippen LogP contribution in [0.1, 0.15) is 31.4 Å². The van der Waals surface area contributed by atoms with Gasteiger partial charge in [0.05, 0.1) is 7.11 Å². The Morgan fingerprint density at radius 2 is 2.18 bits per heavy atom. The number of hydrogen-bond donors (Lipinski definition) is 1. The van der Waals surface area contributed by atoms with Crippen LogP contribution in [-0.4, -0.2) is 20.2 Å². The molecule has 1 aliphatic rings. The second kappa shape index (κ2) is 4.69. The van der Waals surface area contributed by atoms with Gasteiger partial charge in [-0.1, -0.05) is 26.0 Å². The van der Waals surface area contributed by atoms with Crippen LogP contribution in [-0.2, 0) is 5.41 Å². The summed E-state index contributed by atoms with van der Waals surface area (Å²) in [6, 6.07) is 6.65. The lowest BCUT2D eigenvalue weighted by Gasteiger charge is -2.19. The Morgan fingerprint density at radius 1 is 1.47 bits per heavy atom. The van der Waals surface area contributed by atoms with Crippen LogP contribution in [0, 0.1) is 12.8 Å². The Hall–Kier alpha value is -1.02. The normalized spacial score (nSPS) is 26.9. The van der Waals surface area contributed by atoms with E-state index in [-0.39, 0.29) is 0 Å². The monoisotopic (exact) mass is 233 g/mol. The molecule has 0 radical (unpaired) electrons. The van der Waals surface area contributed by atoms with Crippen LogP contribution in [0.4, 0.5) is 0 Å². The summed E-state index contributed by atoms with van der Waals surface area (Å²) < 4.78 is 5.43. The highest BCUT2D eigenvalue weighted by Crippen LogP contribution is 2.54. The predicted octanol–water partition coefficient (Wildman–Crippen LogP) is 2.89. The zero-order valence-electron chi connectivity index (χ0n) is 11.3. The van der Waals surface area contributed by atoms with Gasteiger partial charge in [-0.05, 0) is 43.0 Å². The lowest BCUT2D eigenvalue weighted by Crippen LogP contribution is -2.28. The van der Waals surface area contributed by atoms with Gasteiger partial charge in [0.15, 0.2) is 0 Å².